The number of nitrogens with zero attached hydrogens (tertiary/aromatic N) is 2. The number of amides is 1. The Balaban J connectivity index is 2.02. The number of aromatic nitrogens is 2. The predicted octanol–water partition coefficient (Wildman–Crippen LogP) is 3.19. The third-order valence-corrected chi connectivity index (χ3v) is 3.88. The Morgan fingerprint density at radius 3 is 2.75 bits per heavy atom. The van der Waals surface area contributed by atoms with E-state index in [0.717, 1.165) is 12.0 Å². The first-order valence-electron chi connectivity index (χ1n) is 7.86. The van der Waals surface area contributed by atoms with Gasteiger partial charge in [0.1, 0.15) is 11.0 Å². The molecule has 7 heteroatoms. The molecule has 2 aromatic rings. The summed E-state index contributed by atoms with van der Waals surface area (Å²) in [6.45, 7) is 5.82. The molecule has 0 bridgehead atoms. The van der Waals surface area contributed by atoms with Crippen LogP contribution in [0.1, 0.15) is 35.0 Å². The normalized spacial score (nSPS) is 10.8. The van der Waals surface area contributed by atoms with Crippen molar-refractivity contribution >= 4 is 17.5 Å². The number of benzene rings is 1. The fraction of sp³-hybridized carbons (Fsp3) is 0.412. The Bertz CT molecular complexity index is 686. The highest BCUT2D eigenvalue weighted by Crippen LogP contribution is 2.21. The van der Waals surface area contributed by atoms with Gasteiger partial charge in [0.05, 0.1) is 17.8 Å². The average Bonchev–Trinajstić information content (AvgIpc) is 2.83. The van der Waals surface area contributed by atoms with Crippen LogP contribution < -0.4 is 5.32 Å². The standard InChI is InChI=1S/C17H21ClFN3O2/c1-3-24-10-4-9-20-17(23)15-12(2)21-22(16(15)18)11-13-5-7-14(19)8-6-13/h5-8H,3-4,9-11H2,1-2H3,(H,20,23). The molecule has 0 atom stereocenters. The number of hydrogen-bond acceptors (Lipinski definition) is 3. The number of halogens is 2. The second-order valence-electron chi connectivity index (χ2n) is 5.34. The maximum atomic E-state index is 13.0. The maximum Gasteiger partial charge on any atom is 0.256 e. The van der Waals surface area contributed by atoms with Gasteiger partial charge in [-0.25, -0.2) is 9.07 Å². The van der Waals surface area contributed by atoms with Crippen LogP contribution in [0.4, 0.5) is 4.39 Å². The van der Waals surface area contributed by atoms with Gasteiger partial charge in [0.2, 0.25) is 0 Å². The minimum Gasteiger partial charge on any atom is -0.382 e. The lowest BCUT2D eigenvalue weighted by Gasteiger charge is -2.06. The third-order valence-electron chi connectivity index (χ3n) is 3.49. The fourth-order valence-electron chi connectivity index (χ4n) is 2.29. The number of ether oxygens (including phenoxy) is 1. The third kappa shape index (κ3) is 4.79. The van der Waals surface area contributed by atoms with Gasteiger partial charge < -0.3 is 10.1 Å². The van der Waals surface area contributed by atoms with E-state index in [1.165, 1.54) is 12.1 Å². The highest BCUT2D eigenvalue weighted by Gasteiger charge is 2.20. The van der Waals surface area contributed by atoms with Crippen LogP contribution >= 0.6 is 11.6 Å². The van der Waals surface area contributed by atoms with Crippen LogP contribution in [0.25, 0.3) is 0 Å². The zero-order valence-corrected chi connectivity index (χ0v) is 14.6. The van der Waals surface area contributed by atoms with Crippen LogP contribution in [-0.4, -0.2) is 35.4 Å². The van der Waals surface area contributed by atoms with Gasteiger partial charge in [-0.2, -0.15) is 5.10 Å². The molecule has 0 spiro atoms. The first-order valence-corrected chi connectivity index (χ1v) is 8.24. The minimum absolute atomic E-state index is 0.251. The van der Waals surface area contributed by atoms with E-state index in [2.05, 4.69) is 10.4 Å². The summed E-state index contributed by atoms with van der Waals surface area (Å²) in [5.74, 6) is -0.548. The highest BCUT2D eigenvalue weighted by atomic mass is 35.5. The SMILES string of the molecule is CCOCCCNC(=O)c1c(C)nn(Cc2ccc(F)cc2)c1Cl. The molecule has 5 nitrogen and oxygen atoms in total. The van der Waals surface area contributed by atoms with Crippen LogP contribution in [0.5, 0.6) is 0 Å². The molecule has 0 aliphatic heterocycles. The predicted molar refractivity (Wildman–Crippen MR) is 90.9 cm³/mol. The van der Waals surface area contributed by atoms with Crippen molar-refractivity contribution in [2.24, 2.45) is 0 Å². The van der Waals surface area contributed by atoms with E-state index < -0.39 is 0 Å². The Kier molecular flexibility index (Phi) is 6.75. The molecule has 0 saturated heterocycles. The quantitative estimate of drug-likeness (QED) is 0.741. The summed E-state index contributed by atoms with van der Waals surface area (Å²) in [6.07, 6.45) is 0.736. The molecule has 0 radical (unpaired) electrons. The molecule has 0 fully saturated rings. The molecule has 0 aliphatic carbocycles. The van der Waals surface area contributed by atoms with Crippen molar-refractivity contribution < 1.29 is 13.9 Å². The zero-order valence-electron chi connectivity index (χ0n) is 13.8. The Morgan fingerprint density at radius 2 is 2.08 bits per heavy atom. The van der Waals surface area contributed by atoms with Crippen molar-refractivity contribution in [3.8, 4) is 0 Å². The summed E-state index contributed by atoms with van der Waals surface area (Å²) in [7, 11) is 0. The van der Waals surface area contributed by atoms with Crippen molar-refractivity contribution in [1.82, 2.24) is 15.1 Å². The molecule has 1 aromatic heterocycles. The first-order chi connectivity index (χ1) is 11.5. The lowest BCUT2D eigenvalue weighted by atomic mass is 10.2. The average molecular weight is 354 g/mol. The van der Waals surface area contributed by atoms with E-state index in [9.17, 15) is 9.18 Å². The van der Waals surface area contributed by atoms with Gasteiger partial charge in [0.25, 0.3) is 5.91 Å². The van der Waals surface area contributed by atoms with Crippen LogP contribution in [0.15, 0.2) is 24.3 Å². The zero-order chi connectivity index (χ0) is 17.5. The molecule has 1 N–H and O–H groups in total. The largest absolute Gasteiger partial charge is 0.382 e. The van der Waals surface area contributed by atoms with Crippen LogP contribution in [0.3, 0.4) is 0 Å². The first kappa shape index (κ1) is 18.4. The van der Waals surface area contributed by atoms with Crippen molar-refractivity contribution in [3.05, 3.63) is 52.1 Å². The van der Waals surface area contributed by atoms with Crippen molar-refractivity contribution in [3.63, 3.8) is 0 Å². The summed E-state index contributed by atoms with van der Waals surface area (Å²) in [5.41, 5.74) is 1.78. The molecule has 0 unspecified atom stereocenters. The summed E-state index contributed by atoms with van der Waals surface area (Å²) < 4.78 is 19.7. The molecule has 1 amide bonds. The van der Waals surface area contributed by atoms with Gasteiger partial charge in [0.15, 0.2) is 0 Å². The van der Waals surface area contributed by atoms with E-state index in [-0.39, 0.29) is 16.9 Å². The van der Waals surface area contributed by atoms with E-state index >= 15 is 0 Å². The molecular weight excluding hydrogens is 333 g/mol. The molecule has 130 valence electrons. The van der Waals surface area contributed by atoms with Crippen LogP contribution in [0, 0.1) is 12.7 Å². The number of nitrogens with one attached hydrogen (secondary N) is 1. The number of rotatable bonds is 8. The Morgan fingerprint density at radius 1 is 1.38 bits per heavy atom. The lowest BCUT2D eigenvalue weighted by Crippen LogP contribution is -2.26. The molecular formula is C17H21ClFN3O2. The number of carbonyl (C=O) groups is 1. The maximum absolute atomic E-state index is 13.0. The van der Waals surface area contributed by atoms with Crippen molar-refractivity contribution in [1.29, 1.82) is 0 Å². The summed E-state index contributed by atoms with van der Waals surface area (Å²) in [6, 6.07) is 6.09. The van der Waals surface area contributed by atoms with Gasteiger partial charge in [-0.1, -0.05) is 23.7 Å². The highest BCUT2D eigenvalue weighted by molar-refractivity contribution is 6.33. The minimum atomic E-state index is -0.298. The van der Waals surface area contributed by atoms with Gasteiger partial charge in [-0.15, -0.1) is 0 Å². The monoisotopic (exact) mass is 353 g/mol. The smallest absolute Gasteiger partial charge is 0.256 e. The van der Waals surface area contributed by atoms with Gasteiger partial charge in [-0.05, 0) is 38.0 Å². The van der Waals surface area contributed by atoms with Crippen molar-refractivity contribution in [2.45, 2.75) is 26.8 Å². The molecule has 0 aliphatic rings. The second kappa shape index (κ2) is 8.80. The van der Waals surface area contributed by atoms with E-state index in [0.29, 0.717) is 37.6 Å². The molecule has 1 aromatic carbocycles. The van der Waals surface area contributed by atoms with E-state index in [1.54, 1.807) is 23.7 Å². The molecule has 24 heavy (non-hydrogen) atoms. The Labute approximate surface area is 145 Å². The Hall–Kier alpha value is -1.92. The van der Waals surface area contributed by atoms with E-state index in [1.807, 2.05) is 6.92 Å². The fourth-order valence-corrected chi connectivity index (χ4v) is 2.61. The molecule has 2 rings (SSSR count). The summed E-state index contributed by atoms with van der Waals surface area (Å²) >= 11 is 6.31. The summed E-state index contributed by atoms with van der Waals surface area (Å²) in [4.78, 5) is 12.3. The molecule has 0 saturated carbocycles. The molecule has 1 heterocycles. The van der Waals surface area contributed by atoms with Crippen LogP contribution in [-0.2, 0) is 11.3 Å². The number of aryl methyl sites for hydroxylation is 1. The van der Waals surface area contributed by atoms with E-state index in [4.69, 9.17) is 16.3 Å². The van der Waals surface area contributed by atoms with Gasteiger partial charge in [0, 0.05) is 19.8 Å². The van der Waals surface area contributed by atoms with Gasteiger partial charge >= 0.3 is 0 Å². The lowest BCUT2D eigenvalue weighted by molar-refractivity contribution is 0.0943. The number of carbonyl (C=O) groups excluding carboxylic acids is 1. The summed E-state index contributed by atoms with van der Waals surface area (Å²) in [5, 5.41) is 7.41. The van der Waals surface area contributed by atoms with Crippen LogP contribution in [0.2, 0.25) is 5.15 Å². The van der Waals surface area contributed by atoms with Crippen molar-refractivity contribution in [2.75, 3.05) is 19.8 Å². The second-order valence-corrected chi connectivity index (χ2v) is 5.70. The van der Waals surface area contributed by atoms with Gasteiger partial charge in [-0.3, -0.25) is 4.79 Å². The number of hydrogen-bond donors (Lipinski definition) is 1. The topological polar surface area (TPSA) is 56.1 Å².